The summed E-state index contributed by atoms with van der Waals surface area (Å²) < 4.78 is 1.65. The average molecular weight is 158 g/mol. The Hall–Kier alpha value is -0.350. The van der Waals surface area contributed by atoms with E-state index in [2.05, 4.69) is 23.3 Å². The number of nitrogens with zero attached hydrogens (tertiary/aromatic N) is 2. The molecule has 0 N–H and O–H groups in total. The fourth-order valence-electron chi connectivity index (χ4n) is 0.475. The van der Waals surface area contributed by atoms with E-state index in [1.165, 1.54) is 11.0 Å². The second-order valence-corrected chi connectivity index (χ2v) is 2.46. The third-order valence-corrected chi connectivity index (χ3v) is 1.75. The Kier molecular flexibility index (Phi) is 2.24. The number of hydrogen-bond acceptors (Lipinski definition) is 3. The maximum atomic E-state index is 4.03. The Morgan fingerprint density at radius 2 is 2.67 bits per heavy atom. The van der Waals surface area contributed by atoms with Gasteiger partial charge in [0.25, 0.3) is 0 Å². The second-order valence-electron chi connectivity index (χ2n) is 1.43. The molecule has 1 aromatic rings. The van der Waals surface area contributed by atoms with Crippen molar-refractivity contribution >= 4 is 28.7 Å². The summed E-state index contributed by atoms with van der Waals surface area (Å²) in [5, 5.41) is 4.03. The van der Waals surface area contributed by atoms with Gasteiger partial charge in [0.1, 0.15) is 0 Å². The number of aromatic nitrogens is 2. The summed E-state index contributed by atoms with van der Waals surface area (Å²) in [6.45, 7) is 3.57. The SMILES string of the molecule is C=Cc1ccn(SS)n1. The van der Waals surface area contributed by atoms with Crippen molar-refractivity contribution in [2.75, 3.05) is 0 Å². The summed E-state index contributed by atoms with van der Waals surface area (Å²) in [5.74, 6) is 0. The summed E-state index contributed by atoms with van der Waals surface area (Å²) in [4.78, 5) is 0. The topological polar surface area (TPSA) is 17.8 Å². The molecule has 0 aliphatic carbocycles. The minimum Gasteiger partial charge on any atom is -0.203 e. The lowest BCUT2D eigenvalue weighted by Crippen LogP contribution is -1.81. The van der Waals surface area contributed by atoms with E-state index in [4.69, 9.17) is 0 Å². The lowest BCUT2D eigenvalue weighted by Gasteiger charge is -1.86. The van der Waals surface area contributed by atoms with Gasteiger partial charge in [-0.15, -0.1) is 0 Å². The molecule has 1 rings (SSSR count). The third-order valence-electron chi connectivity index (χ3n) is 0.880. The van der Waals surface area contributed by atoms with Gasteiger partial charge in [0, 0.05) is 17.2 Å². The van der Waals surface area contributed by atoms with E-state index >= 15 is 0 Å². The number of rotatable bonds is 2. The van der Waals surface area contributed by atoms with Crippen molar-refractivity contribution in [3.05, 3.63) is 24.5 Å². The van der Waals surface area contributed by atoms with Crippen LogP contribution in [0.15, 0.2) is 18.8 Å². The van der Waals surface area contributed by atoms with Crippen LogP contribution >= 0.6 is 22.6 Å². The molecule has 2 nitrogen and oxygen atoms in total. The van der Waals surface area contributed by atoms with Crippen LogP contribution in [0.4, 0.5) is 0 Å². The maximum absolute atomic E-state index is 4.03. The highest BCUT2D eigenvalue weighted by Gasteiger charge is 1.90. The van der Waals surface area contributed by atoms with Gasteiger partial charge in [-0.05, 0) is 12.1 Å². The fraction of sp³-hybridized carbons (Fsp3) is 0. The predicted octanol–water partition coefficient (Wildman–Crippen LogP) is 1.87. The molecule has 48 valence electrons. The first-order valence-corrected chi connectivity index (χ1v) is 4.19. The highest BCUT2D eigenvalue weighted by molar-refractivity contribution is 8.67. The van der Waals surface area contributed by atoms with E-state index < -0.39 is 0 Å². The van der Waals surface area contributed by atoms with Gasteiger partial charge in [-0.3, -0.25) is 0 Å². The van der Waals surface area contributed by atoms with Crippen molar-refractivity contribution < 1.29 is 0 Å². The molecule has 1 heterocycles. The maximum Gasteiger partial charge on any atom is 0.0855 e. The largest absolute Gasteiger partial charge is 0.203 e. The summed E-state index contributed by atoms with van der Waals surface area (Å²) in [6, 6.07) is 1.87. The van der Waals surface area contributed by atoms with E-state index in [0.717, 1.165) is 5.69 Å². The molecule has 4 heteroatoms. The van der Waals surface area contributed by atoms with E-state index in [1.807, 2.05) is 12.3 Å². The molecule has 0 aromatic carbocycles. The van der Waals surface area contributed by atoms with Crippen molar-refractivity contribution in [1.82, 2.24) is 9.19 Å². The van der Waals surface area contributed by atoms with Gasteiger partial charge in [0.15, 0.2) is 0 Å². The van der Waals surface area contributed by atoms with Crippen LogP contribution in [0, 0.1) is 0 Å². The second kappa shape index (κ2) is 2.98. The zero-order valence-electron chi connectivity index (χ0n) is 4.69. The third kappa shape index (κ3) is 1.53. The molecular formula is C5H6N2S2. The minimum absolute atomic E-state index is 0.872. The van der Waals surface area contributed by atoms with E-state index in [0.29, 0.717) is 0 Å². The Morgan fingerprint density at radius 1 is 1.89 bits per heavy atom. The molecule has 0 amide bonds. The zero-order valence-corrected chi connectivity index (χ0v) is 6.40. The van der Waals surface area contributed by atoms with Crippen LogP contribution in [-0.2, 0) is 0 Å². The molecule has 0 radical (unpaired) electrons. The molecule has 0 aliphatic heterocycles. The van der Waals surface area contributed by atoms with Gasteiger partial charge in [-0.25, -0.2) is 4.09 Å². The Morgan fingerprint density at radius 3 is 3.00 bits per heavy atom. The molecule has 1 aromatic heterocycles. The molecule has 0 fully saturated rings. The highest BCUT2D eigenvalue weighted by Crippen LogP contribution is 2.09. The highest BCUT2D eigenvalue weighted by atomic mass is 33.1. The minimum atomic E-state index is 0.872. The van der Waals surface area contributed by atoms with Crippen molar-refractivity contribution in [3.8, 4) is 0 Å². The molecule has 0 atom stereocenters. The Balaban J connectivity index is 2.86. The van der Waals surface area contributed by atoms with Crippen LogP contribution in [-0.4, -0.2) is 9.19 Å². The van der Waals surface area contributed by atoms with Gasteiger partial charge in [0.05, 0.1) is 5.69 Å². The Labute approximate surface area is 62.9 Å². The van der Waals surface area contributed by atoms with E-state index in [1.54, 1.807) is 10.2 Å². The quantitative estimate of drug-likeness (QED) is 0.523. The number of thiol groups is 1. The summed E-state index contributed by atoms with van der Waals surface area (Å²) in [5.41, 5.74) is 0.872. The van der Waals surface area contributed by atoms with Crippen LogP contribution < -0.4 is 0 Å². The summed E-state index contributed by atoms with van der Waals surface area (Å²) >= 11 is 3.95. The lowest BCUT2D eigenvalue weighted by molar-refractivity contribution is 1.01. The van der Waals surface area contributed by atoms with Crippen molar-refractivity contribution in [2.45, 2.75) is 0 Å². The van der Waals surface area contributed by atoms with Crippen LogP contribution in [0.25, 0.3) is 6.08 Å². The van der Waals surface area contributed by atoms with E-state index in [-0.39, 0.29) is 0 Å². The van der Waals surface area contributed by atoms with Crippen LogP contribution in [0.2, 0.25) is 0 Å². The van der Waals surface area contributed by atoms with Crippen LogP contribution in [0.1, 0.15) is 5.69 Å². The molecule has 0 spiro atoms. The molecule has 0 saturated heterocycles. The zero-order chi connectivity index (χ0) is 6.69. The lowest BCUT2D eigenvalue weighted by atomic mass is 10.4. The van der Waals surface area contributed by atoms with Crippen molar-refractivity contribution in [2.24, 2.45) is 0 Å². The normalized spacial score (nSPS) is 9.44. The molecule has 9 heavy (non-hydrogen) atoms. The number of hydrogen-bond donors (Lipinski definition) is 1. The molecular weight excluding hydrogens is 152 g/mol. The summed E-state index contributed by atoms with van der Waals surface area (Å²) in [6.07, 6.45) is 3.52. The summed E-state index contributed by atoms with van der Waals surface area (Å²) in [7, 11) is 1.26. The van der Waals surface area contributed by atoms with Crippen LogP contribution in [0.3, 0.4) is 0 Å². The van der Waals surface area contributed by atoms with Gasteiger partial charge in [-0.1, -0.05) is 18.2 Å². The Bertz CT molecular complexity index is 206. The van der Waals surface area contributed by atoms with Gasteiger partial charge < -0.3 is 0 Å². The van der Waals surface area contributed by atoms with Crippen LogP contribution in [0.5, 0.6) is 0 Å². The van der Waals surface area contributed by atoms with Crippen molar-refractivity contribution in [3.63, 3.8) is 0 Å². The average Bonchev–Trinajstić information content (AvgIpc) is 2.34. The first-order chi connectivity index (χ1) is 4.36. The first kappa shape index (κ1) is 6.77. The molecule has 0 aliphatic rings. The smallest absolute Gasteiger partial charge is 0.0855 e. The molecule has 0 bridgehead atoms. The standard InChI is InChI=1S/C5H6N2S2/c1-2-5-3-4-7(6-5)9-8/h2-4,8H,1H2. The molecule has 0 unspecified atom stereocenters. The monoisotopic (exact) mass is 158 g/mol. The van der Waals surface area contributed by atoms with Gasteiger partial charge >= 0.3 is 0 Å². The van der Waals surface area contributed by atoms with Crippen molar-refractivity contribution in [1.29, 1.82) is 0 Å². The fourth-order valence-corrected chi connectivity index (χ4v) is 0.994. The van der Waals surface area contributed by atoms with E-state index in [9.17, 15) is 0 Å². The van der Waals surface area contributed by atoms with Gasteiger partial charge in [0.2, 0.25) is 0 Å². The predicted molar refractivity (Wildman–Crippen MR) is 44.3 cm³/mol. The first-order valence-electron chi connectivity index (χ1n) is 2.37. The molecule has 0 saturated carbocycles. The van der Waals surface area contributed by atoms with Gasteiger partial charge in [-0.2, -0.15) is 5.10 Å².